The molecule has 0 saturated heterocycles. The average Bonchev–Trinajstić information content (AvgIpc) is 3.39. The second kappa shape index (κ2) is 13.6. The number of aryl methyl sites for hydroxylation is 1. The topological polar surface area (TPSA) is 96.0 Å². The molecular weight excluding hydrogens is 502 g/mol. The fourth-order valence-electron chi connectivity index (χ4n) is 5.00. The lowest BCUT2D eigenvalue weighted by Crippen LogP contribution is -2.51. The van der Waals surface area contributed by atoms with Gasteiger partial charge in [-0.2, -0.15) is 0 Å². The predicted molar refractivity (Wildman–Crippen MR) is 151 cm³/mol. The Bertz CT molecular complexity index is 1180. The highest BCUT2D eigenvalue weighted by atomic mass is 32.2. The standard InChI is InChI=1S/C29H41N3O5S/c1-5-27(29(34)30-24-11-6-7-12-24)31(21-23-15-17-26(37-3)18-16-23)28(33)14-9-19-32(38(4,35)36)25-13-8-10-22(2)20-25/h8,10,13,15-18,20,24,27H,5-7,9,11-12,14,19,21H2,1-4H3,(H,30,34). The molecule has 2 aromatic rings. The highest BCUT2D eigenvalue weighted by Gasteiger charge is 2.30. The lowest BCUT2D eigenvalue weighted by Gasteiger charge is -2.32. The van der Waals surface area contributed by atoms with Crippen LogP contribution in [0.5, 0.6) is 5.75 Å². The molecule has 9 heteroatoms. The van der Waals surface area contributed by atoms with Crippen LogP contribution in [0.2, 0.25) is 0 Å². The zero-order valence-electron chi connectivity index (χ0n) is 23.0. The molecule has 1 unspecified atom stereocenters. The Morgan fingerprint density at radius 1 is 1.11 bits per heavy atom. The second-order valence-corrected chi connectivity index (χ2v) is 12.0. The van der Waals surface area contributed by atoms with E-state index in [1.807, 2.05) is 56.3 Å². The van der Waals surface area contributed by atoms with Gasteiger partial charge in [-0.25, -0.2) is 8.42 Å². The third-order valence-electron chi connectivity index (χ3n) is 7.04. The number of ether oxygens (including phenoxy) is 1. The lowest BCUT2D eigenvalue weighted by atomic mass is 10.1. The van der Waals surface area contributed by atoms with Gasteiger partial charge >= 0.3 is 0 Å². The van der Waals surface area contributed by atoms with E-state index in [2.05, 4.69) is 5.32 Å². The van der Waals surface area contributed by atoms with Crippen molar-refractivity contribution < 1.29 is 22.7 Å². The molecule has 1 aliphatic rings. The number of anilines is 1. The van der Waals surface area contributed by atoms with E-state index in [4.69, 9.17) is 4.74 Å². The van der Waals surface area contributed by atoms with Crippen LogP contribution < -0.4 is 14.4 Å². The SMILES string of the molecule is CCC(C(=O)NC1CCCC1)N(Cc1ccc(OC)cc1)C(=O)CCCN(c1cccc(C)c1)S(C)(=O)=O. The van der Waals surface area contributed by atoms with Crippen molar-refractivity contribution in [3.05, 3.63) is 59.7 Å². The van der Waals surface area contributed by atoms with Gasteiger partial charge in [0.15, 0.2) is 0 Å². The molecule has 1 saturated carbocycles. The number of sulfonamides is 1. The van der Waals surface area contributed by atoms with Crippen LogP contribution in [-0.2, 0) is 26.2 Å². The molecule has 1 N–H and O–H groups in total. The quantitative estimate of drug-likeness (QED) is 0.404. The van der Waals surface area contributed by atoms with Gasteiger partial charge in [0.05, 0.1) is 19.1 Å². The minimum Gasteiger partial charge on any atom is -0.497 e. The van der Waals surface area contributed by atoms with Crippen LogP contribution in [0.1, 0.15) is 63.0 Å². The molecule has 0 aliphatic heterocycles. The van der Waals surface area contributed by atoms with Gasteiger partial charge in [0.2, 0.25) is 21.8 Å². The first-order valence-electron chi connectivity index (χ1n) is 13.4. The fraction of sp³-hybridized carbons (Fsp3) is 0.517. The van der Waals surface area contributed by atoms with E-state index in [9.17, 15) is 18.0 Å². The van der Waals surface area contributed by atoms with Crippen LogP contribution in [0.3, 0.4) is 0 Å². The molecule has 8 nitrogen and oxygen atoms in total. The van der Waals surface area contributed by atoms with E-state index in [0.717, 1.165) is 42.6 Å². The van der Waals surface area contributed by atoms with Crippen molar-refractivity contribution in [3.8, 4) is 5.75 Å². The third kappa shape index (κ3) is 8.21. The normalized spacial score (nSPS) is 14.6. The number of amides is 2. The van der Waals surface area contributed by atoms with Crippen LogP contribution in [0, 0.1) is 6.92 Å². The summed E-state index contributed by atoms with van der Waals surface area (Å²) in [5.74, 6) is 0.417. The van der Waals surface area contributed by atoms with Gasteiger partial charge in [0, 0.05) is 25.6 Å². The predicted octanol–water partition coefficient (Wildman–Crippen LogP) is 4.42. The molecule has 1 atom stereocenters. The number of carbonyl (C=O) groups is 2. The summed E-state index contributed by atoms with van der Waals surface area (Å²) in [6.07, 6.45) is 6.26. The molecule has 0 radical (unpaired) electrons. The van der Waals surface area contributed by atoms with Crippen molar-refractivity contribution in [2.24, 2.45) is 0 Å². The Morgan fingerprint density at radius 2 is 1.79 bits per heavy atom. The van der Waals surface area contributed by atoms with Crippen LogP contribution in [-0.4, -0.2) is 57.1 Å². The zero-order valence-corrected chi connectivity index (χ0v) is 23.8. The average molecular weight is 544 g/mol. The molecule has 2 amide bonds. The summed E-state index contributed by atoms with van der Waals surface area (Å²) in [4.78, 5) is 28.5. The number of methoxy groups -OCH3 is 1. The van der Waals surface area contributed by atoms with E-state index in [1.165, 1.54) is 10.6 Å². The van der Waals surface area contributed by atoms with Gasteiger partial charge in [-0.1, -0.05) is 44.0 Å². The van der Waals surface area contributed by atoms with Crippen molar-refractivity contribution in [2.45, 2.75) is 77.4 Å². The van der Waals surface area contributed by atoms with Crippen molar-refractivity contribution in [1.29, 1.82) is 0 Å². The van der Waals surface area contributed by atoms with Crippen molar-refractivity contribution in [2.75, 3.05) is 24.2 Å². The molecule has 0 aromatic heterocycles. The molecule has 0 heterocycles. The monoisotopic (exact) mass is 543 g/mol. The van der Waals surface area contributed by atoms with E-state index < -0.39 is 16.1 Å². The number of benzene rings is 2. The smallest absolute Gasteiger partial charge is 0.243 e. The molecule has 1 aliphatic carbocycles. The fourth-order valence-corrected chi connectivity index (χ4v) is 5.96. The Kier molecular flexibility index (Phi) is 10.6. The first kappa shape index (κ1) is 29.5. The maximum Gasteiger partial charge on any atom is 0.243 e. The van der Waals surface area contributed by atoms with E-state index in [1.54, 1.807) is 18.1 Å². The summed E-state index contributed by atoms with van der Waals surface area (Å²) >= 11 is 0. The number of hydrogen-bond donors (Lipinski definition) is 1. The van der Waals surface area contributed by atoms with Gasteiger partial charge < -0.3 is 15.0 Å². The molecule has 1 fully saturated rings. The summed E-state index contributed by atoms with van der Waals surface area (Å²) in [6.45, 7) is 4.28. The van der Waals surface area contributed by atoms with Crippen molar-refractivity contribution >= 4 is 27.5 Å². The van der Waals surface area contributed by atoms with Crippen LogP contribution in [0.4, 0.5) is 5.69 Å². The maximum atomic E-state index is 13.6. The minimum atomic E-state index is -3.52. The summed E-state index contributed by atoms with van der Waals surface area (Å²) < 4.78 is 31.6. The number of nitrogens with zero attached hydrogens (tertiary/aromatic N) is 2. The highest BCUT2D eigenvalue weighted by molar-refractivity contribution is 7.92. The number of carbonyl (C=O) groups excluding carboxylic acids is 2. The molecular formula is C29H41N3O5S. The molecule has 38 heavy (non-hydrogen) atoms. The van der Waals surface area contributed by atoms with Crippen LogP contribution >= 0.6 is 0 Å². The molecule has 208 valence electrons. The first-order chi connectivity index (χ1) is 18.1. The van der Waals surface area contributed by atoms with Crippen molar-refractivity contribution in [3.63, 3.8) is 0 Å². The van der Waals surface area contributed by atoms with E-state index in [-0.39, 0.29) is 37.4 Å². The van der Waals surface area contributed by atoms with Crippen LogP contribution in [0.25, 0.3) is 0 Å². The third-order valence-corrected chi connectivity index (χ3v) is 8.24. The number of nitrogens with one attached hydrogen (secondary N) is 1. The summed E-state index contributed by atoms with van der Waals surface area (Å²) in [7, 11) is -1.92. The zero-order chi connectivity index (χ0) is 27.7. The summed E-state index contributed by atoms with van der Waals surface area (Å²) in [5, 5.41) is 3.15. The Morgan fingerprint density at radius 3 is 2.37 bits per heavy atom. The highest BCUT2D eigenvalue weighted by Crippen LogP contribution is 2.22. The molecule has 3 rings (SSSR count). The van der Waals surface area contributed by atoms with Crippen LogP contribution in [0.15, 0.2) is 48.5 Å². The second-order valence-electron chi connectivity index (χ2n) is 10.1. The Labute approximate surface area is 227 Å². The summed E-state index contributed by atoms with van der Waals surface area (Å²) in [6, 6.07) is 14.3. The molecule has 0 bridgehead atoms. The minimum absolute atomic E-state index is 0.126. The number of rotatable bonds is 13. The lowest BCUT2D eigenvalue weighted by molar-refractivity contribution is -0.141. The Balaban J connectivity index is 1.76. The van der Waals surface area contributed by atoms with Gasteiger partial charge in [0.1, 0.15) is 11.8 Å². The van der Waals surface area contributed by atoms with Gasteiger partial charge in [-0.3, -0.25) is 13.9 Å². The maximum absolute atomic E-state index is 13.6. The van der Waals surface area contributed by atoms with Crippen molar-refractivity contribution in [1.82, 2.24) is 10.2 Å². The molecule has 0 spiro atoms. The first-order valence-corrected chi connectivity index (χ1v) is 15.2. The number of hydrogen-bond acceptors (Lipinski definition) is 5. The van der Waals surface area contributed by atoms with E-state index >= 15 is 0 Å². The van der Waals surface area contributed by atoms with E-state index in [0.29, 0.717) is 18.5 Å². The summed E-state index contributed by atoms with van der Waals surface area (Å²) in [5.41, 5.74) is 2.43. The molecule has 2 aromatic carbocycles. The van der Waals surface area contributed by atoms with Gasteiger partial charge in [-0.05, 0) is 68.0 Å². The Hall–Kier alpha value is -3.07. The van der Waals surface area contributed by atoms with Gasteiger partial charge in [0.25, 0.3) is 0 Å². The van der Waals surface area contributed by atoms with Gasteiger partial charge in [-0.15, -0.1) is 0 Å². The largest absolute Gasteiger partial charge is 0.497 e.